The number of aromatic nitrogens is 1. The summed E-state index contributed by atoms with van der Waals surface area (Å²) < 4.78 is 13.4. The third-order valence-corrected chi connectivity index (χ3v) is 3.66. The van der Waals surface area contributed by atoms with Crippen LogP contribution in [0.4, 0.5) is 4.39 Å². The number of hydrogen-bond donors (Lipinski definition) is 1. The zero-order valence-electron chi connectivity index (χ0n) is 9.38. The highest BCUT2D eigenvalue weighted by Gasteiger charge is 2.33. The maximum Gasteiger partial charge on any atom is 0.326 e. The highest BCUT2D eigenvalue weighted by molar-refractivity contribution is 7.99. The maximum absolute atomic E-state index is 13.4. The summed E-state index contributed by atoms with van der Waals surface area (Å²) in [4.78, 5) is 27.8. The van der Waals surface area contributed by atoms with Crippen LogP contribution >= 0.6 is 11.8 Å². The van der Waals surface area contributed by atoms with Crippen molar-refractivity contribution in [3.05, 3.63) is 29.8 Å². The minimum absolute atomic E-state index is 0.189. The van der Waals surface area contributed by atoms with E-state index in [9.17, 15) is 14.0 Å². The summed E-state index contributed by atoms with van der Waals surface area (Å²) in [7, 11) is 0. The number of carbonyl (C=O) groups excluding carboxylic acids is 1. The van der Waals surface area contributed by atoms with Gasteiger partial charge in [0.1, 0.15) is 6.04 Å². The van der Waals surface area contributed by atoms with Gasteiger partial charge in [-0.25, -0.2) is 9.78 Å². The van der Waals surface area contributed by atoms with Crippen molar-refractivity contribution in [3.63, 3.8) is 0 Å². The zero-order valence-corrected chi connectivity index (χ0v) is 10.2. The van der Waals surface area contributed by atoms with Crippen LogP contribution in [0.15, 0.2) is 18.3 Å². The van der Waals surface area contributed by atoms with Gasteiger partial charge in [0.25, 0.3) is 5.91 Å². The zero-order chi connectivity index (χ0) is 13.1. The Morgan fingerprint density at radius 3 is 3.00 bits per heavy atom. The van der Waals surface area contributed by atoms with Crippen molar-refractivity contribution in [2.75, 3.05) is 11.6 Å². The van der Waals surface area contributed by atoms with Crippen LogP contribution in [0.3, 0.4) is 0 Å². The summed E-state index contributed by atoms with van der Waals surface area (Å²) >= 11 is 1.45. The standard InChI is InChI=1S/C11H11FN2O3S/c12-9-7(2-1-4-13-9)10(15)14-6-18-5-3-8(14)11(16)17/h1-2,4,8H,3,5-6H2,(H,16,17). The van der Waals surface area contributed by atoms with Crippen LogP contribution in [0.5, 0.6) is 0 Å². The molecule has 5 nitrogen and oxygen atoms in total. The number of carboxylic acid groups (broad SMARTS) is 1. The molecule has 2 heterocycles. The number of nitrogens with zero attached hydrogens (tertiary/aromatic N) is 2. The number of rotatable bonds is 2. The molecular weight excluding hydrogens is 259 g/mol. The van der Waals surface area contributed by atoms with Gasteiger partial charge in [0, 0.05) is 6.20 Å². The van der Waals surface area contributed by atoms with Gasteiger partial charge < -0.3 is 10.0 Å². The van der Waals surface area contributed by atoms with Crippen LogP contribution in [-0.4, -0.2) is 44.5 Å². The Labute approximate surface area is 107 Å². The van der Waals surface area contributed by atoms with Crippen LogP contribution in [-0.2, 0) is 4.79 Å². The molecule has 1 aromatic rings. The Kier molecular flexibility index (Phi) is 3.81. The number of carbonyl (C=O) groups is 2. The van der Waals surface area contributed by atoms with Crippen molar-refractivity contribution >= 4 is 23.6 Å². The van der Waals surface area contributed by atoms with Gasteiger partial charge in [0.05, 0.1) is 11.4 Å². The van der Waals surface area contributed by atoms with E-state index < -0.39 is 23.9 Å². The number of pyridine rings is 1. The largest absolute Gasteiger partial charge is 0.480 e. The molecule has 0 aliphatic carbocycles. The summed E-state index contributed by atoms with van der Waals surface area (Å²) in [5, 5.41) is 9.06. The van der Waals surface area contributed by atoms with E-state index in [1.165, 1.54) is 35.0 Å². The topological polar surface area (TPSA) is 70.5 Å². The number of aliphatic carboxylic acids is 1. The summed E-state index contributed by atoms with van der Waals surface area (Å²) in [6.45, 7) is 0. The van der Waals surface area contributed by atoms with Gasteiger partial charge in [-0.15, -0.1) is 11.8 Å². The first-order valence-corrected chi connectivity index (χ1v) is 6.48. The monoisotopic (exact) mass is 270 g/mol. The SMILES string of the molecule is O=C(O)C1CCSCN1C(=O)c1cccnc1F. The molecule has 1 aliphatic heterocycles. The molecule has 0 bridgehead atoms. The Bertz CT molecular complexity index is 483. The first-order chi connectivity index (χ1) is 8.61. The van der Waals surface area contributed by atoms with Gasteiger partial charge in [-0.05, 0) is 24.3 Å². The molecule has 18 heavy (non-hydrogen) atoms. The number of carboxylic acids is 1. The van der Waals surface area contributed by atoms with Crippen LogP contribution in [0, 0.1) is 5.95 Å². The first-order valence-electron chi connectivity index (χ1n) is 5.33. The Hall–Kier alpha value is -1.63. The number of amides is 1. The fourth-order valence-electron chi connectivity index (χ4n) is 1.76. The lowest BCUT2D eigenvalue weighted by atomic mass is 10.1. The molecule has 0 saturated carbocycles. The van der Waals surface area contributed by atoms with Crippen LogP contribution in [0.1, 0.15) is 16.8 Å². The maximum atomic E-state index is 13.4. The average molecular weight is 270 g/mol. The normalized spacial score (nSPS) is 19.6. The second-order valence-corrected chi connectivity index (χ2v) is 4.87. The van der Waals surface area contributed by atoms with Crippen molar-refractivity contribution in [1.82, 2.24) is 9.88 Å². The molecule has 1 N–H and O–H groups in total. The highest BCUT2D eigenvalue weighted by atomic mass is 32.2. The van der Waals surface area contributed by atoms with E-state index in [1.807, 2.05) is 0 Å². The van der Waals surface area contributed by atoms with Crippen molar-refractivity contribution < 1.29 is 19.1 Å². The third-order valence-electron chi connectivity index (χ3n) is 2.68. The molecule has 1 unspecified atom stereocenters. The van der Waals surface area contributed by atoms with Gasteiger partial charge in [0.15, 0.2) is 0 Å². The fourth-order valence-corrected chi connectivity index (χ4v) is 2.77. The van der Waals surface area contributed by atoms with Crippen molar-refractivity contribution in [3.8, 4) is 0 Å². The van der Waals surface area contributed by atoms with Crippen molar-refractivity contribution in [2.45, 2.75) is 12.5 Å². The number of thioether (sulfide) groups is 1. The van der Waals surface area contributed by atoms with Crippen molar-refractivity contribution in [2.24, 2.45) is 0 Å². The molecular formula is C11H11FN2O3S. The van der Waals surface area contributed by atoms with E-state index >= 15 is 0 Å². The Morgan fingerprint density at radius 2 is 2.33 bits per heavy atom. The van der Waals surface area contributed by atoms with Gasteiger partial charge in [-0.3, -0.25) is 4.79 Å². The quantitative estimate of drug-likeness (QED) is 0.818. The molecule has 1 saturated heterocycles. The van der Waals surface area contributed by atoms with Crippen LogP contribution < -0.4 is 0 Å². The molecule has 0 spiro atoms. The molecule has 0 radical (unpaired) electrons. The Balaban J connectivity index is 2.27. The van der Waals surface area contributed by atoms with E-state index in [2.05, 4.69) is 4.98 Å². The van der Waals surface area contributed by atoms with Gasteiger partial charge in [-0.2, -0.15) is 4.39 Å². The molecule has 2 rings (SSSR count). The van der Waals surface area contributed by atoms with E-state index in [0.717, 1.165) is 0 Å². The molecule has 1 aliphatic rings. The van der Waals surface area contributed by atoms with Crippen LogP contribution in [0.25, 0.3) is 0 Å². The van der Waals surface area contributed by atoms with Gasteiger partial charge >= 0.3 is 5.97 Å². The molecule has 96 valence electrons. The lowest BCUT2D eigenvalue weighted by molar-refractivity contribution is -0.142. The van der Waals surface area contributed by atoms with Gasteiger partial charge in [0.2, 0.25) is 5.95 Å². The minimum Gasteiger partial charge on any atom is -0.480 e. The van der Waals surface area contributed by atoms with E-state index in [4.69, 9.17) is 5.11 Å². The molecule has 1 fully saturated rings. The third kappa shape index (κ3) is 2.45. The highest BCUT2D eigenvalue weighted by Crippen LogP contribution is 2.23. The van der Waals surface area contributed by atoms with E-state index in [-0.39, 0.29) is 11.4 Å². The first kappa shape index (κ1) is 12.8. The second kappa shape index (κ2) is 5.34. The molecule has 1 atom stereocenters. The summed E-state index contributed by atoms with van der Waals surface area (Å²) in [6, 6.07) is 1.87. The summed E-state index contributed by atoms with van der Waals surface area (Å²) in [5.74, 6) is -1.63. The molecule has 7 heteroatoms. The minimum atomic E-state index is -1.06. The van der Waals surface area contributed by atoms with E-state index in [1.54, 1.807) is 0 Å². The lowest BCUT2D eigenvalue weighted by Crippen LogP contribution is -2.47. The Morgan fingerprint density at radius 1 is 1.56 bits per heavy atom. The van der Waals surface area contributed by atoms with Crippen molar-refractivity contribution in [1.29, 1.82) is 0 Å². The fraction of sp³-hybridized carbons (Fsp3) is 0.364. The number of hydrogen-bond acceptors (Lipinski definition) is 4. The lowest BCUT2D eigenvalue weighted by Gasteiger charge is -2.32. The van der Waals surface area contributed by atoms with E-state index in [0.29, 0.717) is 12.2 Å². The smallest absolute Gasteiger partial charge is 0.326 e. The predicted octanol–water partition coefficient (Wildman–Crippen LogP) is 1.21. The summed E-state index contributed by atoms with van der Waals surface area (Å²) in [6.07, 6.45) is 1.61. The summed E-state index contributed by atoms with van der Waals surface area (Å²) in [5.41, 5.74) is -0.189. The number of halogens is 1. The average Bonchev–Trinajstić information content (AvgIpc) is 2.38. The van der Waals surface area contributed by atoms with Gasteiger partial charge in [-0.1, -0.05) is 0 Å². The van der Waals surface area contributed by atoms with Crippen LogP contribution in [0.2, 0.25) is 0 Å². The molecule has 1 amide bonds. The predicted molar refractivity (Wildman–Crippen MR) is 63.7 cm³/mol. The molecule has 1 aromatic heterocycles. The second-order valence-electron chi connectivity index (χ2n) is 3.80. The molecule has 0 aromatic carbocycles.